The van der Waals surface area contributed by atoms with Crippen molar-refractivity contribution in [1.82, 2.24) is 0 Å². The summed E-state index contributed by atoms with van der Waals surface area (Å²) in [5, 5.41) is 0. The minimum Gasteiger partial charge on any atom is -0.496 e. The minimum atomic E-state index is -4.37. The Morgan fingerprint density at radius 3 is 2.33 bits per heavy atom. The highest BCUT2D eigenvalue weighted by Gasteiger charge is 2.30. The lowest BCUT2D eigenvalue weighted by atomic mass is 9.95. The summed E-state index contributed by atoms with van der Waals surface area (Å²) < 4.78 is 54.0. The predicted molar refractivity (Wildman–Crippen MR) is 108 cm³/mol. The van der Waals surface area contributed by atoms with Crippen LogP contribution in [0.5, 0.6) is 11.5 Å². The fourth-order valence-corrected chi connectivity index (χ4v) is 3.11. The molecule has 0 bridgehead atoms. The van der Waals surface area contributed by atoms with E-state index in [1.165, 1.54) is 12.1 Å². The van der Waals surface area contributed by atoms with Gasteiger partial charge in [-0.3, -0.25) is 4.79 Å². The van der Waals surface area contributed by atoms with Gasteiger partial charge in [-0.2, -0.15) is 13.2 Å². The van der Waals surface area contributed by atoms with Crippen molar-refractivity contribution in [3.63, 3.8) is 0 Å². The number of ether oxygens (including phenoxy) is 3. The monoisotopic (exact) mass is 424 g/mol. The van der Waals surface area contributed by atoms with Gasteiger partial charge in [-0.15, -0.1) is 0 Å². The quantitative estimate of drug-likeness (QED) is 0.475. The first kappa shape index (κ1) is 23.6. The van der Waals surface area contributed by atoms with Crippen LogP contribution in [0.25, 0.3) is 0 Å². The largest absolute Gasteiger partial charge is 0.496 e. The zero-order valence-electron chi connectivity index (χ0n) is 17.4. The lowest BCUT2D eigenvalue weighted by molar-refractivity contribution is -0.148. The van der Waals surface area contributed by atoms with Crippen molar-refractivity contribution in [1.29, 1.82) is 0 Å². The summed E-state index contributed by atoms with van der Waals surface area (Å²) in [6, 6.07) is 10.3. The molecule has 1 atom stereocenters. The van der Waals surface area contributed by atoms with Crippen molar-refractivity contribution >= 4 is 5.97 Å². The predicted octanol–water partition coefficient (Wildman–Crippen LogP) is 5.47. The van der Waals surface area contributed by atoms with Gasteiger partial charge in [-0.25, -0.2) is 0 Å². The highest BCUT2D eigenvalue weighted by molar-refractivity contribution is 5.72. The van der Waals surface area contributed by atoms with Crippen LogP contribution in [-0.2, 0) is 28.5 Å². The summed E-state index contributed by atoms with van der Waals surface area (Å²) in [5.41, 5.74) is 1.18. The summed E-state index contributed by atoms with van der Waals surface area (Å²) in [5.74, 6) is 0.642. The van der Waals surface area contributed by atoms with Crippen molar-refractivity contribution in [3.8, 4) is 11.5 Å². The molecule has 1 unspecified atom stereocenters. The first-order chi connectivity index (χ1) is 14.3. The Morgan fingerprint density at radius 1 is 1.07 bits per heavy atom. The van der Waals surface area contributed by atoms with Crippen LogP contribution in [0.4, 0.5) is 13.2 Å². The maximum absolute atomic E-state index is 12.6. The molecule has 0 saturated carbocycles. The molecule has 0 aromatic heterocycles. The van der Waals surface area contributed by atoms with Gasteiger partial charge in [0.1, 0.15) is 11.5 Å². The average molecular weight is 424 g/mol. The van der Waals surface area contributed by atoms with Gasteiger partial charge in [0.2, 0.25) is 0 Å². The van der Waals surface area contributed by atoms with Crippen LogP contribution in [0.15, 0.2) is 42.5 Å². The van der Waals surface area contributed by atoms with E-state index in [9.17, 15) is 18.0 Å². The summed E-state index contributed by atoms with van der Waals surface area (Å²) in [6.07, 6.45) is -2.62. The van der Waals surface area contributed by atoms with Gasteiger partial charge in [-0.1, -0.05) is 19.1 Å². The van der Waals surface area contributed by atoms with E-state index in [2.05, 4.69) is 0 Å². The Kier molecular flexibility index (Phi) is 8.57. The molecule has 30 heavy (non-hydrogen) atoms. The Balaban J connectivity index is 2.02. The number of rotatable bonds is 10. The molecule has 2 aromatic rings. The molecular formula is C23H27F3O4. The van der Waals surface area contributed by atoms with Crippen LogP contribution in [-0.4, -0.2) is 26.3 Å². The first-order valence-corrected chi connectivity index (χ1v) is 9.90. The van der Waals surface area contributed by atoms with E-state index in [4.69, 9.17) is 14.2 Å². The lowest BCUT2D eigenvalue weighted by Gasteiger charge is -2.16. The fraction of sp³-hybridized carbons (Fsp3) is 0.435. The maximum Gasteiger partial charge on any atom is 0.416 e. The number of carbonyl (C=O) groups is 1. The highest BCUT2D eigenvalue weighted by atomic mass is 19.4. The van der Waals surface area contributed by atoms with Crippen LogP contribution in [0.2, 0.25) is 0 Å². The number of carbonyl (C=O) groups excluding carboxylic acids is 1. The van der Waals surface area contributed by atoms with E-state index in [-0.39, 0.29) is 18.5 Å². The van der Waals surface area contributed by atoms with Crippen molar-refractivity contribution in [2.75, 3.05) is 20.3 Å². The van der Waals surface area contributed by atoms with Gasteiger partial charge in [0.05, 0.1) is 31.8 Å². The Hall–Kier alpha value is -2.70. The zero-order valence-corrected chi connectivity index (χ0v) is 17.4. The summed E-state index contributed by atoms with van der Waals surface area (Å²) in [7, 11) is 1.57. The van der Waals surface area contributed by atoms with E-state index in [0.29, 0.717) is 37.4 Å². The molecule has 0 aliphatic carbocycles. The van der Waals surface area contributed by atoms with Gasteiger partial charge in [0, 0.05) is 6.42 Å². The van der Waals surface area contributed by atoms with Crippen LogP contribution < -0.4 is 9.47 Å². The van der Waals surface area contributed by atoms with E-state index < -0.39 is 11.7 Å². The van der Waals surface area contributed by atoms with Gasteiger partial charge >= 0.3 is 12.1 Å². The third-order valence-corrected chi connectivity index (χ3v) is 4.76. The second-order valence-electron chi connectivity index (χ2n) is 6.83. The minimum absolute atomic E-state index is 0.206. The maximum atomic E-state index is 12.6. The molecule has 0 heterocycles. The first-order valence-electron chi connectivity index (χ1n) is 9.90. The van der Waals surface area contributed by atoms with Crippen LogP contribution in [0.1, 0.15) is 37.0 Å². The highest BCUT2D eigenvalue weighted by Crippen LogP contribution is 2.30. The number of methoxy groups -OCH3 is 1. The van der Waals surface area contributed by atoms with E-state index in [1.807, 2.05) is 25.1 Å². The number of halogens is 3. The van der Waals surface area contributed by atoms with Gasteiger partial charge in [-0.05, 0) is 61.2 Å². The summed E-state index contributed by atoms with van der Waals surface area (Å²) >= 11 is 0. The van der Waals surface area contributed by atoms with E-state index in [1.54, 1.807) is 14.0 Å². The second-order valence-corrected chi connectivity index (χ2v) is 6.83. The standard InChI is InChI=1S/C23H27F3O4/c1-4-17(22(27)29-5-2)14-16-6-11-21(28-3)18(15-16)12-13-30-20-9-7-19(8-10-20)23(24,25)26/h6-11,15,17H,4-5,12-14H2,1-3H3. The van der Waals surface area contributed by atoms with Crippen molar-refractivity contribution in [3.05, 3.63) is 59.2 Å². The van der Waals surface area contributed by atoms with E-state index in [0.717, 1.165) is 23.3 Å². The molecule has 0 N–H and O–H groups in total. The second kappa shape index (κ2) is 10.9. The Labute approximate surface area is 175 Å². The molecule has 2 aromatic carbocycles. The number of alkyl halides is 3. The van der Waals surface area contributed by atoms with Crippen molar-refractivity contribution in [2.45, 2.75) is 39.3 Å². The van der Waals surface area contributed by atoms with Crippen LogP contribution in [0.3, 0.4) is 0 Å². The topological polar surface area (TPSA) is 44.8 Å². The molecule has 0 aliphatic heterocycles. The molecule has 0 radical (unpaired) electrons. The SMILES string of the molecule is CCOC(=O)C(CC)Cc1ccc(OC)c(CCOc2ccc(C(F)(F)F)cc2)c1. The summed E-state index contributed by atoms with van der Waals surface area (Å²) in [6.45, 7) is 4.36. The molecule has 0 fully saturated rings. The molecule has 0 aliphatic rings. The molecule has 0 saturated heterocycles. The molecule has 2 rings (SSSR count). The van der Waals surface area contributed by atoms with Gasteiger partial charge in [0.25, 0.3) is 0 Å². The number of esters is 1. The average Bonchev–Trinajstić information content (AvgIpc) is 2.72. The molecule has 4 nitrogen and oxygen atoms in total. The normalized spacial score (nSPS) is 12.3. The molecule has 164 valence electrons. The lowest BCUT2D eigenvalue weighted by Crippen LogP contribution is -2.19. The molecule has 0 amide bonds. The van der Waals surface area contributed by atoms with Crippen molar-refractivity contribution in [2.24, 2.45) is 5.92 Å². The van der Waals surface area contributed by atoms with Gasteiger partial charge in [0.15, 0.2) is 0 Å². The fourth-order valence-electron chi connectivity index (χ4n) is 3.11. The molecular weight excluding hydrogens is 397 g/mol. The zero-order chi connectivity index (χ0) is 22.1. The van der Waals surface area contributed by atoms with E-state index >= 15 is 0 Å². The molecule has 0 spiro atoms. The number of benzene rings is 2. The third-order valence-electron chi connectivity index (χ3n) is 4.76. The Bertz CT molecular complexity index is 816. The smallest absolute Gasteiger partial charge is 0.416 e. The van der Waals surface area contributed by atoms with Crippen LogP contribution >= 0.6 is 0 Å². The van der Waals surface area contributed by atoms with Gasteiger partial charge < -0.3 is 14.2 Å². The van der Waals surface area contributed by atoms with Crippen molar-refractivity contribution < 1.29 is 32.2 Å². The molecule has 7 heteroatoms. The summed E-state index contributed by atoms with van der Waals surface area (Å²) in [4.78, 5) is 12.1. The number of hydrogen-bond donors (Lipinski definition) is 0. The van der Waals surface area contributed by atoms with Crippen LogP contribution in [0, 0.1) is 5.92 Å². The third kappa shape index (κ3) is 6.68. The number of hydrogen-bond acceptors (Lipinski definition) is 4. The Morgan fingerprint density at radius 2 is 1.77 bits per heavy atom.